The predicted molar refractivity (Wildman–Crippen MR) is 70.6 cm³/mol. The molecule has 0 aromatic carbocycles. The van der Waals surface area contributed by atoms with E-state index in [1.807, 2.05) is 4.90 Å². The molecule has 0 bridgehead atoms. The highest BCUT2D eigenvalue weighted by atomic mass is 35.5. The van der Waals surface area contributed by atoms with Crippen molar-refractivity contribution in [3.05, 3.63) is 0 Å². The van der Waals surface area contributed by atoms with Crippen molar-refractivity contribution >= 4 is 18.4 Å². The number of nitrogens with zero attached hydrogens (tertiary/aromatic N) is 1. The molecule has 5 nitrogen and oxygen atoms in total. The first kappa shape index (κ1) is 16.5. The highest BCUT2D eigenvalue weighted by molar-refractivity contribution is 5.85. The molecule has 1 fully saturated rings. The molecule has 3 N–H and O–H groups in total. The Balaban J connectivity index is 0.00000256. The Morgan fingerprint density at radius 3 is 2.76 bits per heavy atom. The topological polar surface area (TPSA) is 64.6 Å². The normalized spacial score (nSPS) is 18.4. The summed E-state index contributed by atoms with van der Waals surface area (Å²) in [4.78, 5) is 13.6. The lowest BCUT2D eigenvalue weighted by Crippen LogP contribution is -2.60. The predicted octanol–water partition coefficient (Wildman–Crippen LogP) is 0.574. The van der Waals surface area contributed by atoms with Gasteiger partial charge in [-0.15, -0.1) is 12.4 Å². The summed E-state index contributed by atoms with van der Waals surface area (Å²) in [5.41, 5.74) is 0.000683. The zero-order chi connectivity index (χ0) is 12.0. The van der Waals surface area contributed by atoms with Crippen LogP contribution in [-0.4, -0.2) is 54.4 Å². The second-order valence-corrected chi connectivity index (χ2v) is 4.89. The fraction of sp³-hybridized carbons (Fsp3) is 0.909. The van der Waals surface area contributed by atoms with Crippen molar-refractivity contribution in [2.45, 2.75) is 32.2 Å². The van der Waals surface area contributed by atoms with Crippen LogP contribution >= 0.6 is 12.4 Å². The van der Waals surface area contributed by atoms with Crippen LogP contribution in [0.5, 0.6) is 0 Å². The number of hydrogen-bond donors (Lipinski definition) is 3. The van der Waals surface area contributed by atoms with Crippen LogP contribution in [0.2, 0.25) is 0 Å². The molecule has 0 aromatic heterocycles. The number of hydrogen-bond acceptors (Lipinski definition) is 3. The van der Waals surface area contributed by atoms with Crippen LogP contribution in [-0.2, 0) is 0 Å². The molecule has 0 aromatic rings. The molecule has 0 radical (unpaired) electrons. The van der Waals surface area contributed by atoms with Gasteiger partial charge < -0.3 is 20.6 Å². The second kappa shape index (κ2) is 7.74. The fourth-order valence-electron chi connectivity index (χ4n) is 1.86. The lowest BCUT2D eigenvalue weighted by molar-refractivity contribution is 0.154. The Labute approximate surface area is 109 Å². The van der Waals surface area contributed by atoms with E-state index < -0.39 is 0 Å². The zero-order valence-electron chi connectivity index (χ0n) is 10.7. The van der Waals surface area contributed by atoms with Gasteiger partial charge in [0.2, 0.25) is 0 Å². The molecular weight excluding hydrogens is 242 g/mol. The van der Waals surface area contributed by atoms with Gasteiger partial charge in [-0.05, 0) is 26.7 Å². The average Bonchev–Trinajstić information content (AvgIpc) is 2.22. The van der Waals surface area contributed by atoms with Gasteiger partial charge in [-0.1, -0.05) is 0 Å². The first-order valence-corrected chi connectivity index (χ1v) is 5.94. The van der Waals surface area contributed by atoms with Crippen LogP contribution in [0.4, 0.5) is 4.79 Å². The standard InChI is InChI=1S/C11H23N3O2.ClH/c1-11(2)9-14(7-6-13-11)10(16)12-5-3-4-8-15;/h13,15H,3-9H2,1-2H3,(H,12,16);1H. The third-order valence-corrected chi connectivity index (χ3v) is 2.72. The van der Waals surface area contributed by atoms with Crippen LogP contribution in [0.15, 0.2) is 0 Å². The second-order valence-electron chi connectivity index (χ2n) is 4.89. The van der Waals surface area contributed by atoms with Gasteiger partial charge >= 0.3 is 6.03 Å². The monoisotopic (exact) mass is 265 g/mol. The SMILES string of the molecule is CC1(C)CN(C(=O)NCCCCO)CCN1.Cl. The van der Waals surface area contributed by atoms with Crippen LogP contribution in [0.25, 0.3) is 0 Å². The maximum atomic E-state index is 11.8. The summed E-state index contributed by atoms with van der Waals surface area (Å²) in [6, 6.07) is 0.00696. The molecular formula is C11H24ClN3O2. The lowest BCUT2D eigenvalue weighted by atomic mass is 10.0. The first-order chi connectivity index (χ1) is 7.55. The molecule has 1 aliphatic heterocycles. The minimum Gasteiger partial charge on any atom is -0.396 e. The molecule has 0 atom stereocenters. The molecule has 6 heteroatoms. The lowest BCUT2D eigenvalue weighted by Gasteiger charge is -2.39. The molecule has 1 heterocycles. The number of carbonyl (C=O) groups excluding carboxylic acids is 1. The van der Waals surface area contributed by atoms with Gasteiger partial charge in [0.1, 0.15) is 0 Å². The van der Waals surface area contributed by atoms with Crippen molar-refractivity contribution in [3.8, 4) is 0 Å². The van der Waals surface area contributed by atoms with Gasteiger partial charge in [0.05, 0.1) is 0 Å². The minimum absolute atomic E-state index is 0. The Kier molecular flexibility index (Phi) is 7.50. The summed E-state index contributed by atoms with van der Waals surface area (Å²) in [5.74, 6) is 0. The number of halogens is 1. The van der Waals surface area contributed by atoms with Crippen molar-refractivity contribution in [3.63, 3.8) is 0 Å². The van der Waals surface area contributed by atoms with E-state index in [1.54, 1.807) is 0 Å². The van der Waals surface area contributed by atoms with Crippen LogP contribution in [0, 0.1) is 0 Å². The minimum atomic E-state index is 0. The summed E-state index contributed by atoms with van der Waals surface area (Å²) in [5, 5.41) is 14.9. The number of nitrogens with one attached hydrogen (secondary N) is 2. The van der Waals surface area contributed by atoms with E-state index in [4.69, 9.17) is 5.11 Å². The zero-order valence-corrected chi connectivity index (χ0v) is 11.5. The van der Waals surface area contributed by atoms with Gasteiger partial charge in [-0.3, -0.25) is 0 Å². The van der Waals surface area contributed by atoms with Gasteiger partial charge in [-0.2, -0.15) is 0 Å². The molecule has 0 saturated carbocycles. The van der Waals surface area contributed by atoms with E-state index in [2.05, 4.69) is 24.5 Å². The van der Waals surface area contributed by atoms with Crippen LogP contribution in [0.3, 0.4) is 0 Å². The quantitative estimate of drug-likeness (QED) is 0.652. The molecule has 0 unspecified atom stereocenters. The number of amides is 2. The van der Waals surface area contributed by atoms with Crippen molar-refractivity contribution in [2.24, 2.45) is 0 Å². The number of carbonyl (C=O) groups is 1. The number of unbranched alkanes of at least 4 members (excludes halogenated alkanes) is 1. The summed E-state index contributed by atoms with van der Waals surface area (Å²) in [6.07, 6.45) is 1.57. The number of urea groups is 1. The van der Waals surface area contributed by atoms with Gasteiger partial charge in [0, 0.05) is 38.3 Å². The Morgan fingerprint density at radius 2 is 2.18 bits per heavy atom. The van der Waals surface area contributed by atoms with Crippen molar-refractivity contribution < 1.29 is 9.90 Å². The third kappa shape index (κ3) is 6.10. The van der Waals surface area contributed by atoms with Crippen molar-refractivity contribution in [1.82, 2.24) is 15.5 Å². The maximum absolute atomic E-state index is 11.8. The van der Waals surface area contributed by atoms with Gasteiger partial charge in [0.25, 0.3) is 0 Å². The Hall–Kier alpha value is -0.520. The summed E-state index contributed by atoms with van der Waals surface area (Å²) in [6.45, 7) is 7.36. The fourth-order valence-corrected chi connectivity index (χ4v) is 1.86. The maximum Gasteiger partial charge on any atom is 0.317 e. The molecule has 0 spiro atoms. The smallest absolute Gasteiger partial charge is 0.317 e. The summed E-state index contributed by atoms with van der Waals surface area (Å²) >= 11 is 0. The highest BCUT2D eigenvalue weighted by Crippen LogP contribution is 2.09. The van der Waals surface area contributed by atoms with Gasteiger partial charge in [0.15, 0.2) is 0 Å². The van der Waals surface area contributed by atoms with E-state index in [-0.39, 0.29) is 30.6 Å². The molecule has 17 heavy (non-hydrogen) atoms. The van der Waals surface area contributed by atoms with E-state index in [1.165, 1.54) is 0 Å². The number of piperazine rings is 1. The number of rotatable bonds is 4. The van der Waals surface area contributed by atoms with E-state index in [9.17, 15) is 4.79 Å². The first-order valence-electron chi connectivity index (χ1n) is 5.94. The number of aliphatic hydroxyl groups is 1. The summed E-state index contributed by atoms with van der Waals surface area (Å²) < 4.78 is 0. The van der Waals surface area contributed by atoms with Crippen molar-refractivity contribution in [1.29, 1.82) is 0 Å². The molecule has 1 rings (SSSR count). The van der Waals surface area contributed by atoms with Crippen LogP contribution < -0.4 is 10.6 Å². The number of aliphatic hydroxyl groups excluding tert-OH is 1. The van der Waals surface area contributed by atoms with Crippen molar-refractivity contribution in [2.75, 3.05) is 32.8 Å². The van der Waals surface area contributed by atoms with Crippen LogP contribution in [0.1, 0.15) is 26.7 Å². The van der Waals surface area contributed by atoms with E-state index >= 15 is 0 Å². The molecule has 1 saturated heterocycles. The average molecular weight is 266 g/mol. The third-order valence-electron chi connectivity index (χ3n) is 2.72. The van der Waals surface area contributed by atoms with E-state index in [0.717, 1.165) is 32.5 Å². The highest BCUT2D eigenvalue weighted by Gasteiger charge is 2.28. The molecule has 102 valence electrons. The molecule has 0 aliphatic carbocycles. The summed E-state index contributed by atoms with van der Waals surface area (Å²) in [7, 11) is 0. The largest absolute Gasteiger partial charge is 0.396 e. The Morgan fingerprint density at radius 1 is 1.47 bits per heavy atom. The molecule has 1 aliphatic rings. The van der Waals surface area contributed by atoms with E-state index in [0.29, 0.717) is 6.54 Å². The van der Waals surface area contributed by atoms with Gasteiger partial charge in [-0.25, -0.2) is 4.79 Å². The molecule has 2 amide bonds. The Bertz CT molecular complexity index is 237.